The molecule has 32 heavy (non-hydrogen) atoms. The monoisotopic (exact) mass is 452 g/mol. The average Bonchev–Trinajstić information content (AvgIpc) is 2.78. The number of amides is 1. The minimum atomic E-state index is -1.12. The van der Waals surface area contributed by atoms with Crippen molar-refractivity contribution in [1.29, 1.82) is 0 Å². The van der Waals surface area contributed by atoms with Crippen molar-refractivity contribution in [3.05, 3.63) is 87.8 Å². The number of pyridine rings is 1. The van der Waals surface area contributed by atoms with Crippen molar-refractivity contribution >= 4 is 51.0 Å². The lowest BCUT2D eigenvalue weighted by Crippen LogP contribution is -2.31. The fourth-order valence-electron chi connectivity index (χ4n) is 3.49. The number of aromatic nitrogens is 1. The molecule has 4 rings (SSSR count). The van der Waals surface area contributed by atoms with Gasteiger partial charge in [-0.05, 0) is 49.4 Å². The van der Waals surface area contributed by atoms with Gasteiger partial charge in [0.15, 0.2) is 11.5 Å². The molecule has 1 aromatic heterocycles. The van der Waals surface area contributed by atoms with Crippen molar-refractivity contribution in [2.45, 2.75) is 19.6 Å². The molecule has 1 heterocycles. The Morgan fingerprint density at radius 2 is 1.62 bits per heavy atom. The van der Waals surface area contributed by atoms with Crippen LogP contribution >= 0.6 is 11.6 Å². The maximum absolute atomic E-state index is 13.2. The lowest BCUT2D eigenvalue weighted by molar-refractivity contribution is -0.153. The molecule has 0 aliphatic carbocycles. The number of para-hydroxylation sites is 2. The zero-order valence-electron chi connectivity index (χ0n) is 17.0. The molecule has 8 heteroatoms. The van der Waals surface area contributed by atoms with Crippen LogP contribution in [-0.4, -0.2) is 22.5 Å². The molecule has 0 aliphatic rings. The highest BCUT2D eigenvalue weighted by molar-refractivity contribution is 6.33. The van der Waals surface area contributed by atoms with Gasteiger partial charge in [-0.25, -0.2) is 4.39 Å². The molecule has 0 bridgehead atoms. The summed E-state index contributed by atoms with van der Waals surface area (Å²) in [6.07, 6.45) is -1.12. The number of nitrogens with one attached hydrogen (secondary N) is 1. The number of benzene rings is 3. The molecule has 0 radical (unpaired) electrons. The zero-order chi connectivity index (χ0) is 22.8. The molecule has 0 saturated heterocycles. The molecule has 1 N–H and O–H groups in total. The molecule has 0 fully saturated rings. The highest BCUT2D eigenvalue weighted by Crippen LogP contribution is 2.23. The van der Waals surface area contributed by atoms with E-state index in [9.17, 15) is 18.8 Å². The molecule has 1 atom stereocenters. The van der Waals surface area contributed by atoms with Gasteiger partial charge in [0.25, 0.3) is 5.91 Å². The molecule has 0 aliphatic heterocycles. The second-order valence-electron chi connectivity index (χ2n) is 7.20. The summed E-state index contributed by atoms with van der Waals surface area (Å²) in [5, 5.41) is 3.51. The van der Waals surface area contributed by atoms with Crippen LogP contribution in [0.3, 0.4) is 0 Å². The number of fused-ring (bicyclic) bond motifs is 2. The van der Waals surface area contributed by atoms with Gasteiger partial charge in [-0.3, -0.25) is 14.4 Å². The lowest BCUT2D eigenvalue weighted by Gasteiger charge is -2.17. The lowest BCUT2D eigenvalue weighted by atomic mass is 10.1. The Morgan fingerprint density at radius 3 is 2.22 bits per heavy atom. The molecule has 162 valence electrons. The van der Waals surface area contributed by atoms with Crippen LogP contribution in [0.1, 0.15) is 6.92 Å². The standard InChI is InChI=1S/C24H18ClFN2O4/c1-14(24(31)27-19-11-10-15(26)12-18(19)25)32-22(29)13-28-20-8-4-2-6-16(20)23(30)17-7-3-5-9-21(17)28/h2-12,14H,13H2,1H3,(H,27,31)/t14-/m1/s1. The number of rotatable bonds is 5. The molecule has 0 saturated carbocycles. The van der Waals surface area contributed by atoms with Gasteiger partial charge < -0.3 is 14.6 Å². The summed E-state index contributed by atoms with van der Waals surface area (Å²) in [6.45, 7) is 1.22. The Bertz CT molecular complexity index is 1360. The summed E-state index contributed by atoms with van der Waals surface area (Å²) in [7, 11) is 0. The van der Waals surface area contributed by atoms with E-state index in [0.717, 1.165) is 12.1 Å². The summed E-state index contributed by atoms with van der Waals surface area (Å²) in [5.41, 5.74) is 1.26. The van der Waals surface area contributed by atoms with Crippen molar-refractivity contribution in [1.82, 2.24) is 4.57 Å². The van der Waals surface area contributed by atoms with Crippen LogP contribution in [0.5, 0.6) is 0 Å². The smallest absolute Gasteiger partial charge is 0.326 e. The number of anilines is 1. The third-order valence-electron chi connectivity index (χ3n) is 5.03. The number of carbonyl (C=O) groups is 2. The summed E-state index contributed by atoms with van der Waals surface area (Å²) in [4.78, 5) is 37.9. The van der Waals surface area contributed by atoms with Crippen molar-refractivity contribution in [3.8, 4) is 0 Å². The second-order valence-corrected chi connectivity index (χ2v) is 7.60. The Hall–Kier alpha value is -3.71. The number of esters is 1. The highest BCUT2D eigenvalue weighted by Gasteiger charge is 2.20. The zero-order valence-corrected chi connectivity index (χ0v) is 17.7. The molecular weight excluding hydrogens is 435 g/mol. The van der Waals surface area contributed by atoms with Gasteiger partial charge in [-0.15, -0.1) is 0 Å². The SMILES string of the molecule is C[C@@H](OC(=O)Cn1c2ccccc2c(=O)c2ccccc21)C(=O)Nc1ccc(F)cc1Cl. The van der Waals surface area contributed by atoms with E-state index < -0.39 is 23.8 Å². The summed E-state index contributed by atoms with van der Waals surface area (Å²) >= 11 is 5.92. The van der Waals surface area contributed by atoms with Gasteiger partial charge in [0.1, 0.15) is 12.4 Å². The van der Waals surface area contributed by atoms with Crippen LogP contribution < -0.4 is 10.7 Å². The predicted octanol–water partition coefficient (Wildman–Crippen LogP) is 4.52. The first-order valence-electron chi connectivity index (χ1n) is 9.81. The Kier molecular flexibility index (Phi) is 5.92. The maximum atomic E-state index is 13.2. The van der Waals surface area contributed by atoms with Gasteiger partial charge in [0.05, 0.1) is 21.7 Å². The van der Waals surface area contributed by atoms with Gasteiger partial charge in [0.2, 0.25) is 0 Å². The van der Waals surface area contributed by atoms with E-state index in [1.54, 1.807) is 53.1 Å². The average molecular weight is 453 g/mol. The third kappa shape index (κ3) is 4.20. The first-order chi connectivity index (χ1) is 15.3. The first kappa shape index (κ1) is 21.5. The normalized spacial score (nSPS) is 12.0. The quantitative estimate of drug-likeness (QED) is 0.357. The van der Waals surface area contributed by atoms with Gasteiger partial charge in [-0.1, -0.05) is 35.9 Å². The van der Waals surface area contributed by atoms with E-state index in [0.29, 0.717) is 21.8 Å². The maximum Gasteiger partial charge on any atom is 0.326 e. The number of ether oxygens (including phenoxy) is 1. The molecule has 1 amide bonds. The topological polar surface area (TPSA) is 77.4 Å². The number of nitrogens with zero attached hydrogens (tertiary/aromatic N) is 1. The van der Waals surface area contributed by atoms with Crippen molar-refractivity contribution in [2.24, 2.45) is 0 Å². The van der Waals surface area contributed by atoms with Crippen LogP contribution in [0.4, 0.5) is 10.1 Å². The van der Waals surface area contributed by atoms with E-state index in [1.165, 1.54) is 13.0 Å². The van der Waals surface area contributed by atoms with Crippen molar-refractivity contribution in [3.63, 3.8) is 0 Å². The Balaban J connectivity index is 1.57. The molecular formula is C24H18ClFN2O4. The van der Waals surface area contributed by atoms with Crippen LogP contribution in [0.25, 0.3) is 21.8 Å². The predicted molar refractivity (Wildman–Crippen MR) is 121 cm³/mol. The van der Waals surface area contributed by atoms with Gasteiger partial charge >= 0.3 is 5.97 Å². The number of halogens is 2. The fraction of sp³-hybridized carbons (Fsp3) is 0.125. The second kappa shape index (κ2) is 8.80. The van der Waals surface area contributed by atoms with Crippen LogP contribution in [-0.2, 0) is 20.9 Å². The fourth-order valence-corrected chi connectivity index (χ4v) is 3.70. The first-order valence-corrected chi connectivity index (χ1v) is 10.2. The molecule has 0 spiro atoms. The molecule has 4 aromatic rings. The van der Waals surface area contributed by atoms with Gasteiger partial charge in [-0.2, -0.15) is 0 Å². The minimum absolute atomic E-state index is 0.0306. The van der Waals surface area contributed by atoms with E-state index >= 15 is 0 Å². The molecule has 3 aromatic carbocycles. The van der Waals surface area contributed by atoms with Crippen molar-refractivity contribution < 1.29 is 18.7 Å². The van der Waals surface area contributed by atoms with Gasteiger partial charge in [0, 0.05) is 10.8 Å². The van der Waals surface area contributed by atoms with E-state index in [1.807, 2.05) is 0 Å². The molecule has 0 unspecified atom stereocenters. The highest BCUT2D eigenvalue weighted by atomic mass is 35.5. The summed E-state index contributed by atoms with van der Waals surface area (Å²) in [5.74, 6) is -1.80. The van der Waals surface area contributed by atoms with Crippen LogP contribution in [0, 0.1) is 5.82 Å². The van der Waals surface area contributed by atoms with Crippen LogP contribution in [0.15, 0.2) is 71.5 Å². The van der Waals surface area contributed by atoms with E-state index in [4.69, 9.17) is 16.3 Å². The molecule has 6 nitrogen and oxygen atoms in total. The number of carbonyl (C=O) groups excluding carboxylic acids is 2. The number of hydrogen-bond acceptors (Lipinski definition) is 4. The third-order valence-corrected chi connectivity index (χ3v) is 5.35. The Morgan fingerprint density at radius 1 is 1.03 bits per heavy atom. The minimum Gasteiger partial charge on any atom is -0.451 e. The number of hydrogen-bond donors (Lipinski definition) is 1. The van der Waals surface area contributed by atoms with E-state index in [2.05, 4.69) is 5.32 Å². The summed E-state index contributed by atoms with van der Waals surface area (Å²) < 4.78 is 20.2. The van der Waals surface area contributed by atoms with E-state index in [-0.39, 0.29) is 22.7 Å². The largest absolute Gasteiger partial charge is 0.451 e. The van der Waals surface area contributed by atoms with Crippen LogP contribution in [0.2, 0.25) is 5.02 Å². The Labute approximate surface area is 187 Å². The summed E-state index contributed by atoms with van der Waals surface area (Å²) in [6, 6.07) is 17.5. The van der Waals surface area contributed by atoms with Crippen molar-refractivity contribution in [2.75, 3.05) is 5.32 Å².